The SMILES string of the molecule is CCc1nc2ccc(N3CCN(CCN)CC3)nn2c1NCc1nc(-c2ccc(F)cc2)cs1. The Labute approximate surface area is 202 Å². The number of hydrogen-bond donors (Lipinski definition) is 2. The summed E-state index contributed by atoms with van der Waals surface area (Å²) in [5, 5.41) is 11.4. The summed E-state index contributed by atoms with van der Waals surface area (Å²) in [7, 11) is 0. The van der Waals surface area contributed by atoms with Crippen LogP contribution in [-0.2, 0) is 13.0 Å². The van der Waals surface area contributed by atoms with Crippen LogP contribution in [-0.4, -0.2) is 63.8 Å². The minimum Gasteiger partial charge on any atom is -0.362 e. The molecule has 10 heteroatoms. The molecule has 0 aliphatic carbocycles. The Balaban J connectivity index is 1.33. The molecule has 1 aliphatic heterocycles. The highest BCUT2D eigenvalue weighted by molar-refractivity contribution is 7.10. The minimum atomic E-state index is -0.245. The van der Waals surface area contributed by atoms with Crippen molar-refractivity contribution in [1.82, 2.24) is 24.5 Å². The maximum absolute atomic E-state index is 13.2. The molecule has 0 unspecified atom stereocenters. The minimum absolute atomic E-state index is 0.245. The van der Waals surface area contributed by atoms with Crippen LogP contribution in [0.25, 0.3) is 16.9 Å². The largest absolute Gasteiger partial charge is 0.362 e. The van der Waals surface area contributed by atoms with Gasteiger partial charge in [0.1, 0.15) is 16.6 Å². The quantitative estimate of drug-likeness (QED) is 0.400. The van der Waals surface area contributed by atoms with Gasteiger partial charge in [-0.2, -0.15) is 4.52 Å². The van der Waals surface area contributed by atoms with Crippen molar-refractivity contribution in [2.45, 2.75) is 19.9 Å². The number of aromatic nitrogens is 4. The third-order valence-electron chi connectivity index (χ3n) is 6.11. The number of nitrogens with one attached hydrogen (secondary N) is 1. The molecule has 0 spiro atoms. The molecule has 34 heavy (non-hydrogen) atoms. The molecule has 178 valence electrons. The van der Waals surface area contributed by atoms with Crippen LogP contribution in [0.4, 0.5) is 16.0 Å². The van der Waals surface area contributed by atoms with Crippen molar-refractivity contribution < 1.29 is 4.39 Å². The Morgan fingerprint density at radius 3 is 2.59 bits per heavy atom. The summed E-state index contributed by atoms with van der Waals surface area (Å²) in [4.78, 5) is 14.2. The van der Waals surface area contributed by atoms with E-state index in [1.54, 1.807) is 23.5 Å². The highest BCUT2D eigenvalue weighted by Crippen LogP contribution is 2.25. The molecule has 0 saturated carbocycles. The smallest absolute Gasteiger partial charge is 0.156 e. The van der Waals surface area contributed by atoms with Crippen LogP contribution in [0.1, 0.15) is 17.6 Å². The molecule has 3 aromatic heterocycles. The molecule has 1 saturated heterocycles. The van der Waals surface area contributed by atoms with Gasteiger partial charge >= 0.3 is 0 Å². The number of nitrogens with zero attached hydrogens (tertiary/aromatic N) is 6. The van der Waals surface area contributed by atoms with Crippen LogP contribution < -0.4 is 16.0 Å². The lowest BCUT2D eigenvalue weighted by atomic mass is 10.2. The first-order valence-corrected chi connectivity index (χ1v) is 12.5. The monoisotopic (exact) mass is 480 g/mol. The van der Waals surface area contributed by atoms with Crippen molar-refractivity contribution in [1.29, 1.82) is 0 Å². The van der Waals surface area contributed by atoms with E-state index < -0.39 is 0 Å². The third-order valence-corrected chi connectivity index (χ3v) is 6.96. The zero-order valence-corrected chi connectivity index (χ0v) is 20.1. The molecule has 1 aliphatic rings. The lowest BCUT2D eigenvalue weighted by Gasteiger charge is -2.35. The zero-order valence-electron chi connectivity index (χ0n) is 19.2. The molecule has 1 fully saturated rings. The lowest BCUT2D eigenvalue weighted by Crippen LogP contribution is -2.48. The molecule has 4 aromatic rings. The predicted molar refractivity (Wildman–Crippen MR) is 135 cm³/mol. The highest BCUT2D eigenvalue weighted by Gasteiger charge is 2.19. The number of rotatable bonds is 8. The summed E-state index contributed by atoms with van der Waals surface area (Å²) in [6.07, 6.45) is 0.803. The van der Waals surface area contributed by atoms with Crippen LogP contribution >= 0.6 is 11.3 Å². The number of nitrogens with two attached hydrogens (primary N) is 1. The van der Waals surface area contributed by atoms with Gasteiger partial charge in [-0.15, -0.1) is 16.4 Å². The van der Waals surface area contributed by atoms with E-state index in [0.29, 0.717) is 13.1 Å². The van der Waals surface area contributed by atoms with Crippen LogP contribution in [0.5, 0.6) is 0 Å². The first-order chi connectivity index (χ1) is 16.6. The average Bonchev–Trinajstić information content (AvgIpc) is 3.48. The second-order valence-corrected chi connectivity index (χ2v) is 9.27. The second kappa shape index (κ2) is 10.0. The van der Waals surface area contributed by atoms with Crippen LogP contribution in [0.3, 0.4) is 0 Å². The Bertz CT molecular complexity index is 1240. The maximum Gasteiger partial charge on any atom is 0.156 e. The molecule has 8 nitrogen and oxygen atoms in total. The van der Waals surface area contributed by atoms with E-state index in [0.717, 1.165) is 78.4 Å². The van der Waals surface area contributed by atoms with E-state index in [2.05, 4.69) is 28.1 Å². The maximum atomic E-state index is 13.2. The molecule has 0 radical (unpaired) electrons. The lowest BCUT2D eigenvalue weighted by molar-refractivity contribution is 0.264. The van der Waals surface area contributed by atoms with Crippen molar-refractivity contribution in [3.63, 3.8) is 0 Å². The van der Waals surface area contributed by atoms with Crippen molar-refractivity contribution in [3.8, 4) is 11.3 Å². The summed E-state index contributed by atoms with van der Waals surface area (Å²) >= 11 is 1.58. The van der Waals surface area contributed by atoms with E-state index >= 15 is 0 Å². The summed E-state index contributed by atoms with van der Waals surface area (Å²) in [6.45, 7) is 8.15. The zero-order chi connectivity index (χ0) is 23.5. The van der Waals surface area contributed by atoms with E-state index in [1.807, 2.05) is 16.0 Å². The summed E-state index contributed by atoms with van der Waals surface area (Å²) in [5.41, 5.74) is 9.27. The van der Waals surface area contributed by atoms with E-state index in [1.165, 1.54) is 12.1 Å². The van der Waals surface area contributed by atoms with Gasteiger partial charge in [0.2, 0.25) is 0 Å². The topological polar surface area (TPSA) is 87.6 Å². The van der Waals surface area contributed by atoms with Crippen LogP contribution in [0, 0.1) is 5.82 Å². The van der Waals surface area contributed by atoms with Crippen molar-refractivity contribution in [3.05, 3.63) is 58.3 Å². The van der Waals surface area contributed by atoms with Gasteiger partial charge in [-0.1, -0.05) is 6.92 Å². The number of piperazine rings is 1. The van der Waals surface area contributed by atoms with Crippen LogP contribution in [0.2, 0.25) is 0 Å². The fourth-order valence-corrected chi connectivity index (χ4v) is 4.99. The van der Waals surface area contributed by atoms with E-state index in [9.17, 15) is 4.39 Å². The van der Waals surface area contributed by atoms with E-state index in [-0.39, 0.29) is 5.82 Å². The summed E-state index contributed by atoms with van der Waals surface area (Å²) < 4.78 is 15.1. The summed E-state index contributed by atoms with van der Waals surface area (Å²) in [5.74, 6) is 1.61. The molecule has 5 rings (SSSR count). The van der Waals surface area contributed by atoms with E-state index in [4.69, 9.17) is 20.8 Å². The number of benzene rings is 1. The number of halogens is 1. The number of anilines is 2. The standard InChI is InChI=1S/C24H29FN8S/c1-2-19-24(27-15-23-29-20(16-34-23)17-3-5-18(25)6-4-17)33-21(28-19)7-8-22(30-33)32-13-11-31(10-9-26)12-14-32/h3-8,16,27H,2,9-15,26H2,1H3. The second-order valence-electron chi connectivity index (χ2n) is 8.33. The average molecular weight is 481 g/mol. The van der Waals surface area contributed by atoms with Gasteiger partial charge in [-0.05, 0) is 42.8 Å². The predicted octanol–water partition coefficient (Wildman–Crippen LogP) is 3.25. The first-order valence-electron chi connectivity index (χ1n) is 11.6. The van der Waals surface area contributed by atoms with Gasteiger partial charge in [0.25, 0.3) is 0 Å². The van der Waals surface area contributed by atoms with Gasteiger partial charge in [-0.25, -0.2) is 14.4 Å². The Morgan fingerprint density at radius 2 is 1.85 bits per heavy atom. The van der Waals surface area contributed by atoms with Gasteiger partial charge in [0, 0.05) is 50.2 Å². The molecule has 0 bridgehead atoms. The van der Waals surface area contributed by atoms with Crippen molar-refractivity contribution in [2.24, 2.45) is 5.73 Å². The number of thiazole rings is 1. The molecule has 4 heterocycles. The van der Waals surface area contributed by atoms with Crippen LogP contribution in [0.15, 0.2) is 41.8 Å². The number of aryl methyl sites for hydroxylation is 1. The number of imidazole rings is 1. The Morgan fingerprint density at radius 1 is 1.06 bits per heavy atom. The highest BCUT2D eigenvalue weighted by atomic mass is 32.1. The molecular weight excluding hydrogens is 451 g/mol. The fraction of sp³-hybridized carbons (Fsp3) is 0.375. The molecule has 0 atom stereocenters. The Hall–Kier alpha value is -3.08. The van der Waals surface area contributed by atoms with Crippen molar-refractivity contribution >= 4 is 28.6 Å². The number of hydrogen-bond acceptors (Lipinski definition) is 8. The molecule has 1 aromatic carbocycles. The normalized spacial score (nSPS) is 14.7. The van der Waals surface area contributed by atoms with Gasteiger partial charge < -0.3 is 16.0 Å². The molecular formula is C24H29FN8S. The van der Waals surface area contributed by atoms with Gasteiger partial charge in [0.15, 0.2) is 11.5 Å². The van der Waals surface area contributed by atoms with Crippen molar-refractivity contribution in [2.75, 3.05) is 49.5 Å². The molecule has 3 N–H and O–H groups in total. The van der Waals surface area contributed by atoms with Gasteiger partial charge in [-0.3, -0.25) is 4.90 Å². The fourth-order valence-electron chi connectivity index (χ4n) is 4.25. The van der Waals surface area contributed by atoms with Gasteiger partial charge in [0.05, 0.1) is 17.9 Å². The third kappa shape index (κ3) is 4.75. The number of fused-ring (bicyclic) bond motifs is 1. The molecule has 0 amide bonds. The first kappa shape index (κ1) is 22.7. The Kier molecular flexibility index (Phi) is 6.70. The summed E-state index contributed by atoms with van der Waals surface area (Å²) in [6, 6.07) is 10.5.